The molecule has 15 heavy (non-hydrogen) atoms. The topological polar surface area (TPSA) is 31.4 Å². The molecule has 84 valence electrons. The highest BCUT2D eigenvalue weighted by Gasteiger charge is 2.05. The Morgan fingerprint density at radius 3 is 2.53 bits per heavy atom. The molecule has 0 saturated heterocycles. The summed E-state index contributed by atoms with van der Waals surface area (Å²) in [5.41, 5.74) is 0.925. The van der Waals surface area contributed by atoms with Crippen LogP contribution in [0, 0.1) is 0 Å². The third-order valence-electron chi connectivity index (χ3n) is 1.87. The van der Waals surface area contributed by atoms with Crippen LogP contribution in [0.25, 0.3) is 0 Å². The SMILES string of the molecule is COCOCCCc1c(Cl)cncc1Cl. The Morgan fingerprint density at radius 1 is 1.27 bits per heavy atom. The van der Waals surface area contributed by atoms with Gasteiger partial charge in [-0.1, -0.05) is 23.2 Å². The molecule has 0 aliphatic rings. The van der Waals surface area contributed by atoms with Gasteiger partial charge in [-0.25, -0.2) is 0 Å². The van der Waals surface area contributed by atoms with Gasteiger partial charge in [0.25, 0.3) is 0 Å². The summed E-state index contributed by atoms with van der Waals surface area (Å²) in [6.45, 7) is 0.945. The van der Waals surface area contributed by atoms with Gasteiger partial charge < -0.3 is 9.47 Å². The standard InChI is InChI=1S/C10H13Cl2NO2/c1-14-7-15-4-2-3-8-9(11)5-13-6-10(8)12/h5-6H,2-4,7H2,1H3. The van der Waals surface area contributed by atoms with E-state index < -0.39 is 0 Å². The van der Waals surface area contributed by atoms with E-state index in [2.05, 4.69) is 4.98 Å². The first-order valence-electron chi connectivity index (χ1n) is 4.60. The minimum Gasteiger partial charge on any atom is -0.359 e. The fourth-order valence-corrected chi connectivity index (χ4v) is 1.72. The van der Waals surface area contributed by atoms with E-state index >= 15 is 0 Å². The van der Waals surface area contributed by atoms with Crippen LogP contribution in [0.4, 0.5) is 0 Å². The van der Waals surface area contributed by atoms with E-state index in [0.29, 0.717) is 23.4 Å². The fourth-order valence-electron chi connectivity index (χ4n) is 1.17. The second-order valence-electron chi connectivity index (χ2n) is 3.00. The molecule has 0 aromatic carbocycles. The van der Waals surface area contributed by atoms with E-state index in [-0.39, 0.29) is 0 Å². The van der Waals surface area contributed by atoms with Gasteiger partial charge in [-0.05, 0) is 18.4 Å². The molecule has 0 amide bonds. The molecular weight excluding hydrogens is 237 g/mol. The molecule has 0 fully saturated rings. The number of hydrogen-bond acceptors (Lipinski definition) is 3. The molecule has 5 heteroatoms. The largest absolute Gasteiger partial charge is 0.359 e. The Balaban J connectivity index is 2.37. The van der Waals surface area contributed by atoms with E-state index in [1.54, 1.807) is 19.5 Å². The van der Waals surface area contributed by atoms with E-state index in [0.717, 1.165) is 18.4 Å². The number of methoxy groups -OCH3 is 1. The lowest BCUT2D eigenvalue weighted by molar-refractivity contribution is -0.0310. The molecule has 0 N–H and O–H groups in total. The summed E-state index contributed by atoms with van der Waals surface area (Å²) in [6.07, 6.45) is 4.83. The smallest absolute Gasteiger partial charge is 0.146 e. The summed E-state index contributed by atoms with van der Waals surface area (Å²) in [6, 6.07) is 0. The number of ether oxygens (including phenoxy) is 2. The van der Waals surface area contributed by atoms with Gasteiger partial charge in [0.05, 0.1) is 10.0 Å². The lowest BCUT2D eigenvalue weighted by Crippen LogP contribution is -2.00. The molecule has 3 nitrogen and oxygen atoms in total. The molecule has 1 rings (SSSR count). The zero-order valence-electron chi connectivity index (χ0n) is 8.50. The first-order valence-corrected chi connectivity index (χ1v) is 5.36. The molecule has 0 spiro atoms. The van der Waals surface area contributed by atoms with Gasteiger partial charge in [-0.3, -0.25) is 4.98 Å². The van der Waals surface area contributed by atoms with Gasteiger partial charge in [0.1, 0.15) is 6.79 Å². The van der Waals surface area contributed by atoms with Crippen LogP contribution in [0.15, 0.2) is 12.4 Å². The van der Waals surface area contributed by atoms with E-state index in [1.165, 1.54) is 0 Å². The zero-order chi connectivity index (χ0) is 11.1. The Labute approximate surface area is 99.3 Å². The van der Waals surface area contributed by atoms with Crippen LogP contribution in [-0.4, -0.2) is 25.5 Å². The second-order valence-corrected chi connectivity index (χ2v) is 3.81. The molecule has 0 radical (unpaired) electrons. The van der Waals surface area contributed by atoms with Gasteiger partial charge in [0.2, 0.25) is 0 Å². The van der Waals surface area contributed by atoms with Crippen LogP contribution in [-0.2, 0) is 15.9 Å². The third-order valence-corrected chi connectivity index (χ3v) is 2.52. The molecule has 0 unspecified atom stereocenters. The average molecular weight is 250 g/mol. The van der Waals surface area contributed by atoms with E-state index in [4.69, 9.17) is 32.7 Å². The van der Waals surface area contributed by atoms with Gasteiger partial charge in [0.15, 0.2) is 0 Å². The first-order chi connectivity index (χ1) is 7.25. The molecule has 0 atom stereocenters. The number of aromatic nitrogens is 1. The van der Waals surface area contributed by atoms with Crippen LogP contribution >= 0.6 is 23.2 Å². The Hall–Kier alpha value is -0.350. The van der Waals surface area contributed by atoms with E-state index in [9.17, 15) is 0 Å². The van der Waals surface area contributed by atoms with Crippen LogP contribution < -0.4 is 0 Å². The predicted molar refractivity (Wildman–Crippen MR) is 60.4 cm³/mol. The van der Waals surface area contributed by atoms with Crippen molar-refractivity contribution in [1.29, 1.82) is 0 Å². The Kier molecular flexibility index (Phi) is 5.95. The summed E-state index contributed by atoms with van der Waals surface area (Å²) in [5, 5.41) is 1.21. The molecule has 1 aromatic rings. The minimum atomic E-state index is 0.317. The monoisotopic (exact) mass is 249 g/mol. The number of halogens is 2. The van der Waals surface area contributed by atoms with Crippen LogP contribution in [0.2, 0.25) is 10.0 Å². The Bertz CT molecular complexity index is 287. The zero-order valence-corrected chi connectivity index (χ0v) is 10.0. The van der Waals surface area contributed by atoms with Crippen molar-refractivity contribution in [2.24, 2.45) is 0 Å². The second kappa shape index (κ2) is 7.01. The van der Waals surface area contributed by atoms with Crippen molar-refractivity contribution in [2.75, 3.05) is 20.5 Å². The van der Waals surface area contributed by atoms with Gasteiger partial charge in [0, 0.05) is 26.1 Å². The average Bonchev–Trinajstić information content (AvgIpc) is 2.21. The normalized spacial score (nSPS) is 10.6. The number of rotatable bonds is 6. The highest BCUT2D eigenvalue weighted by Crippen LogP contribution is 2.23. The number of nitrogens with zero attached hydrogens (tertiary/aromatic N) is 1. The third kappa shape index (κ3) is 4.34. The van der Waals surface area contributed by atoms with Crippen molar-refractivity contribution in [3.05, 3.63) is 28.0 Å². The maximum Gasteiger partial charge on any atom is 0.146 e. The molecule has 0 saturated carbocycles. The highest BCUT2D eigenvalue weighted by molar-refractivity contribution is 6.35. The van der Waals surface area contributed by atoms with Gasteiger partial charge in [-0.15, -0.1) is 0 Å². The van der Waals surface area contributed by atoms with Crippen molar-refractivity contribution in [1.82, 2.24) is 4.98 Å². The predicted octanol–water partition coefficient (Wildman–Crippen LogP) is 2.94. The quantitative estimate of drug-likeness (QED) is 0.574. The Morgan fingerprint density at radius 2 is 1.93 bits per heavy atom. The molecule has 1 heterocycles. The van der Waals surface area contributed by atoms with Crippen molar-refractivity contribution in [2.45, 2.75) is 12.8 Å². The maximum absolute atomic E-state index is 5.96. The van der Waals surface area contributed by atoms with Crippen LogP contribution in [0.1, 0.15) is 12.0 Å². The minimum absolute atomic E-state index is 0.317. The highest BCUT2D eigenvalue weighted by atomic mass is 35.5. The van der Waals surface area contributed by atoms with Gasteiger partial charge in [-0.2, -0.15) is 0 Å². The maximum atomic E-state index is 5.96. The lowest BCUT2D eigenvalue weighted by atomic mass is 10.1. The summed E-state index contributed by atoms with van der Waals surface area (Å²) >= 11 is 11.9. The molecule has 0 bridgehead atoms. The number of pyridine rings is 1. The van der Waals surface area contributed by atoms with Crippen molar-refractivity contribution < 1.29 is 9.47 Å². The van der Waals surface area contributed by atoms with Crippen molar-refractivity contribution >= 4 is 23.2 Å². The summed E-state index contributed by atoms with van der Waals surface area (Å²) in [4.78, 5) is 3.89. The summed E-state index contributed by atoms with van der Waals surface area (Å²) in [7, 11) is 1.59. The summed E-state index contributed by atoms with van der Waals surface area (Å²) < 4.78 is 9.92. The van der Waals surface area contributed by atoms with E-state index in [1.807, 2.05) is 0 Å². The summed E-state index contributed by atoms with van der Waals surface area (Å²) in [5.74, 6) is 0. The molecular formula is C10H13Cl2NO2. The van der Waals surface area contributed by atoms with Crippen LogP contribution in [0.3, 0.4) is 0 Å². The lowest BCUT2D eigenvalue weighted by Gasteiger charge is -2.06. The fraction of sp³-hybridized carbons (Fsp3) is 0.500. The first kappa shape index (κ1) is 12.7. The molecule has 0 aliphatic carbocycles. The number of hydrogen-bond donors (Lipinski definition) is 0. The van der Waals surface area contributed by atoms with Gasteiger partial charge >= 0.3 is 0 Å². The van der Waals surface area contributed by atoms with Crippen molar-refractivity contribution in [3.8, 4) is 0 Å². The van der Waals surface area contributed by atoms with Crippen LogP contribution in [0.5, 0.6) is 0 Å². The van der Waals surface area contributed by atoms with Crippen molar-refractivity contribution in [3.63, 3.8) is 0 Å². The molecule has 0 aliphatic heterocycles. The molecule has 1 aromatic heterocycles.